The summed E-state index contributed by atoms with van der Waals surface area (Å²) >= 11 is 0. The second-order valence-corrected chi connectivity index (χ2v) is 8.67. The smallest absolute Gasteiger partial charge is 0.179 e. The summed E-state index contributed by atoms with van der Waals surface area (Å²) in [5, 5.41) is 11.0. The Hall–Kier alpha value is -1.07. The second-order valence-electron chi connectivity index (χ2n) is 6.72. The highest BCUT2D eigenvalue weighted by Gasteiger charge is 2.47. The molecular formula is C18H28O4S. The third-order valence-corrected chi connectivity index (χ3v) is 7.35. The minimum absolute atomic E-state index is 0.0152. The van der Waals surface area contributed by atoms with Crippen LogP contribution in [-0.2, 0) is 9.84 Å². The van der Waals surface area contributed by atoms with Crippen molar-refractivity contribution in [3.8, 4) is 5.75 Å². The number of hydrogen-bond donors (Lipinski definition) is 1. The molecule has 1 aliphatic heterocycles. The Balaban J connectivity index is 2.60. The van der Waals surface area contributed by atoms with Gasteiger partial charge in [0.25, 0.3) is 0 Å². The van der Waals surface area contributed by atoms with E-state index in [-0.39, 0.29) is 11.7 Å². The van der Waals surface area contributed by atoms with E-state index in [0.29, 0.717) is 22.6 Å². The van der Waals surface area contributed by atoms with E-state index in [2.05, 4.69) is 6.92 Å². The lowest BCUT2D eigenvalue weighted by molar-refractivity contribution is 0.0126. The van der Waals surface area contributed by atoms with Crippen LogP contribution in [0.1, 0.15) is 57.9 Å². The van der Waals surface area contributed by atoms with E-state index < -0.39 is 21.4 Å². The van der Waals surface area contributed by atoms with Gasteiger partial charge in [-0.3, -0.25) is 0 Å². The van der Waals surface area contributed by atoms with E-state index >= 15 is 0 Å². The third-order valence-electron chi connectivity index (χ3n) is 5.35. The van der Waals surface area contributed by atoms with Crippen LogP contribution in [0, 0.1) is 5.41 Å². The summed E-state index contributed by atoms with van der Waals surface area (Å²) in [6.45, 7) is 5.99. The van der Waals surface area contributed by atoms with Crippen LogP contribution in [0.15, 0.2) is 23.1 Å². The third kappa shape index (κ3) is 3.26. The molecule has 130 valence electrons. The maximum Gasteiger partial charge on any atom is 0.179 e. The van der Waals surface area contributed by atoms with Crippen LogP contribution in [0.25, 0.3) is 0 Å². The molecule has 0 bridgehead atoms. The molecule has 1 aromatic carbocycles. The van der Waals surface area contributed by atoms with Crippen LogP contribution in [-0.4, -0.2) is 32.5 Å². The van der Waals surface area contributed by atoms with Gasteiger partial charge in [-0.2, -0.15) is 0 Å². The van der Waals surface area contributed by atoms with Crippen molar-refractivity contribution in [2.24, 2.45) is 5.41 Å². The minimum Gasteiger partial charge on any atom is -0.497 e. The first-order valence-electron chi connectivity index (χ1n) is 8.40. The van der Waals surface area contributed by atoms with Gasteiger partial charge in [-0.25, -0.2) is 8.42 Å². The second kappa shape index (κ2) is 6.81. The molecule has 2 rings (SSSR count). The van der Waals surface area contributed by atoms with Crippen LogP contribution in [0.4, 0.5) is 0 Å². The van der Waals surface area contributed by atoms with Crippen molar-refractivity contribution in [2.75, 3.05) is 12.9 Å². The van der Waals surface area contributed by atoms with Gasteiger partial charge < -0.3 is 9.84 Å². The lowest BCUT2D eigenvalue weighted by Crippen LogP contribution is -2.41. The van der Waals surface area contributed by atoms with Gasteiger partial charge >= 0.3 is 0 Å². The molecule has 1 aliphatic rings. The molecule has 1 N–H and O–H groups in total. The van der Waals surface area contributed by atoms with Gasteiger partial charge in [0, 0.05) is 11.3 Å². The monoisotopic (exact) mass is 340 g/mol. The summed E-state index contributed by atoms with van der Waals surface area (Å²) in [5.74, 6) is 0.395. The SMILES string of the molecule is CCCC[C@]1(CC)CS(=O)(=O)c2ccc(OC)cc2[C@@H](C)[C@H]1O. The highest BCUT2D eigenvalue weighted by atomic mass is 32.2. The predicted octanol–water partition coefficient (Wildman–Crippen LogP) is 3.53. The van der Waals surface area contributed by atoms with E-state index in [1.165, 1.54) is 0 Å². The zero-order valence-electron chi connectivity index (χ0n) is 14.5. The molecule has 0 aromatic heterocycles. The molecule has 0 spiro atoms. The van der Waals surface area contributed by atoms with E-state index in [4.69, 9.17) is 4.74 Å². The quantitative estimate of drug-likeness (QED) is 0.890. The number of hydrogen-bond acceptors (Lipinski definition) is 4. The molecule has 3 atom stereocenters. The van der Waals surface area contributed by atoms with Crippen molar-refractivity contribution >= 4 is 9.84 Å². The number of benzene rings is 1. The molecule has 0 unspecified atom stereocenters. The van der Waals surface area contributed by atoms with E-state index in [1.807, 2.05) is 13.8 Å². The summed E-state index contributed by atoms with van der Waals surface area (Å²) < 4.78 is 31.2. The number of unbranched alkanes of at least 4 members (excludes halogenated alkanes) is 1. The Labute approximate surface area is 139 Å². The van der Waals surface area contributed by atoms with Crippen LogP contribution < -0.4 is 4.74 Å². The Kier molecular flexibility index (Phi) is 5.41. The van der Waals surface area contributed by atoms with Gasteiger partial charge in [0.2, 0.25) is 0 Å². The van der Waals surface area contributed by atoms with Crippen molar-refractivity contribution < 1.29 is 18.3 Å². The summed E-state index contributed by atoms with van der Waals surface area (Å²) in [6.07, 6.45) is 2.62. The first-order chi connectivity index (χ1) is 10.8. The van der Waals surface area contributed by atoms with E-state index in [0.717, 1.165) is 19.3 Å². The molecule has 4 nitrogen and oxygen atoms in total. The first kappa shape index (κ1) is 18.3. The van der Waals surface area contributed by atoms with Crippen LogP contribution >= 0.6 is 0 Å². The number of fused-ring (bicyclic) bond motifs is 1. The maximum absolute atomic E-state index is 13.0. The molecule has 23 heavy (non-hydrogen) atoms. The van der Waals surface area contributed by atoms with Crippen molar-refractivity contribution in [1.82, 2.24) is 0 Å². The van der Waals surface area contributed by atoms with Crippen LogP contribution in [0.5, 0.6) is 5.75 Å². The predicted molar refractivity (Wildman–Crippen MR) is 91.7 cm³/mol. The Bertz CT molecular complexity index is 653. The highest BCUT2D eigenvalue weighted by molar-refractivity contribution is 7.91. The van der Waals surface area contributed by atoms with Crippen molar-refractivity contribution in [3.05, 3.63) is 23.8 Å². The average Bonchev–Trinajstić information content (AvgIpc) is 2.61. The van der Waals surface area contributed by atoms with Crippen molar-refractivity contribution in [3.63, 3.8) is 0 Å². The lowest BCUT2D eigenvalue weighted by Gasteiger charge is -2.38. The molecule has 0 aliphatic carbocycles. The van der Waals surface area contributed by atoms with Gasteiger partial charge in [0.1, 0.15) is 5.75 Å². The molecule has 0 fully saturated rings. The number of rotatable bonds is 5. The molecule has 0 saturated carbocycles. The molecule has 0 amide bonds. The Morgan fingerprint density at radius 2 is 2.04 bits per heavy atom. The summed E-state index contributed by atoms with van der Waals surface area (Å²) in [5.41, 5.74) is 0.0872. The largest absolute Gasteiger partial charge is 0.497 e. The standard InChI is InChI=1S/C18H28O4S/c1-5-7-10-18(6-2)12-23(20,21)16-9-8-14(22-4)11-15(16)13(3)17(18)19/h8-9,11,13,17,19H,5-7,10,12H2,1-4H3/t13-,17-,18-/m1/s1. The van der Waals surface area contributed by atoms with E-state index in [1.54, 1.807) is 25.3 Å². The molecule has 0 radical (unpaired) electrons. The summed E-state index contributed by atoms with van der Waals surface area (Å²) in [6, 6.07) is 5.06. The van der Waals surface area contributed by atoms with E-state index in [9.17, 15) is 13.5 Å². The average molecular weight is 340 g/mol. The number of aliphatic hydroxyl groups is 1. The van der Waals surface area contributed by atoms with Gasteiger partial charge in [-0.1, -0.05) is 33.6 Å². The van der Waals surface area contributed by atoms with Crippen LogP contribution in [0.3, 0.4) is 0 Å². The molecule has 1 aromatic rings. The van der Waals surface area contributed by atoms with Gasteiger partial charge in [0.05, 0.1) is 23.9 Å². The summed E-state index contributed by atoms with van der Waals surface area (Å²) in [4.78, 5) is 0.344. The van der Waals surface area contributed by atoms with Crippen LogP contribution in [0.2, 0.25) is 0 Å². The van der Waals surface area contributed by atoms with Gasteiger partial charge in [-0.15, -0.1) is 0 Å². The Morgan fingerprint density at radius 1 is 1.35 bits per heavy atom. The molecule has 1 heterocycles. The number of ether oxygens (including phenoxy) is 1. The van der Waals surface area contributed by atoms with Crippen molar-refractivity contribution in [2.45, 2.75) is 63.4 Å². The summed E-state index contributed by atoms with van der Waals surface area (Å²) in [7, 11) is -1.87. The fourth-order valence-corrected chi connectivity index (χ4v) is 6.08. The maximum atomic E-state index is 13.0. The fourth-order valence-electron chi connectivity index (χ4n) is 3.77. The van der Waals surface area contributed by atoms with Gasteiger partial charge in [-0.05, 0) is 36.6 Å². The highest BCUT2D eigenvalue weighted by Crippen LogP contribution is 2.46. The molecular weight excluding hydrogens is 312 g/mol. The van der Waals surface area contributed by atoms with Crippen molar-refractivity contribution in [1.29, 1.82) is 0 Å². The normalized spacial score (nSPS) is 29.6. The fraction of sp³-hybridized carbons (Fsp3) is 0.667. The Morgan fingerprint density at radius 3 is 2.61 bits per heavy atom. The number of methoxy groups -OCH3 is 1. The topological polar surface area (TPSA) is 63.6 Å². The minimum atomic E-state index is -3.44. The molecule has 5 heteroatoms. The molecule has 0 saturated heterocycles. The lowest BCUT2D eigenvalue weighted by atomic mass is 9.71. The number of sulfone groups is 1. The van der Waals surface area contributed by atoms with Gasteiger partial charge in [0.15, 0.2) is 9.84 Å². The zero-order chi connectivity index (χ0) is 17.3. The zero-order valence-corrected chi connectivity index (χ0v) is 15.3. The number of aliphatic hydroxyl groups excluding tert-OH is 1. The first-order valence-corrected chi connectivity index (χ1v) is 10.0.